The molecule has 2 atom stereocenters. The van der Waals surface area contributed by atoms with Gasteiger partial charge in [0.2, 0.25) is 0 Å². The van der Waals surface area contributed by atoms with Crippen LogP contribution in [0.25, 0.3) is 0 Å². The Morgan fingerprint density at radius 2 is 0.912 bits per heavy atom. The first-order chi connectivity index (χ1) is 27.6. The Hall–Kier alpha value is -2.58. The highest BCUT2D eigenvalue weighted by Crippen LogP contribution is 2.43. The number of carbonyl (C=O) groups is 1. The minimum Gasteiger partial charge on any atom is -0.463 e. The molecule has 0 aromatic rings. The Balaban J connectivity index is 3.52. The van der Waals surface area contributed by atoms with E-state index in [2.05, 4.69) is 104 Å². The van der Waals surface area contributed by atoms with Crippen molar-refractivity contribution in [2.75, 3.05) is 47.5 Å². The van der Waals surface area contributed by atoms with Gasteiger partial charge < -0.3 is 19.2 Å². The molecule has 0 radical (unpaired) electrons. The molecule has 0 aromatic heterocycles. The van der Waals surface area contributed by atoms with Gasteiger partial charge in [0, 0.05) is 6.42 Å². The number of aliphatic hydroxyl groups excluding tert-OH is 1. The second kappa shape index (κ2) is 40.2. The molecule has 0 spiro atoms. The van der Waals surface area contributed by atoms with Crippen LogP contribution in [0.15, 0.2) is 97.2 Å². The Morgan fingerprint density at radius 3 is 1.32 bits per heavy atom. The first-order valence-corrected chi connectivity index (χ1v) is 23.5. The fraction of sp³-hybridized carbons (Fsp3) is 0.646. The van der Waals surface area contributed by atoms with Gasteiger partial charge in [-0.15, -0.1) is 0 Å². The molecule has 2 unspecified atom stereocenters. The first kappa shape index (κ1) is 54.4. The summed E-state index contributed by atoms with van der Waals surface area (Å²) in [4.78, 5) is 21.7. The molecule has 0 saturated carbocycles. The largest absolute Gasteiger partial charge is 0.472 e. The molecule has 8 nitrogen and oxygen atoms in total. The number of phosphoric acid groups is 1. The maximum Gasteiger partial charge on any atom is 0.472 e. The molecule has 326 valence electrons. The molecule has 0 heterocycles. The van der Waals surface area contributed by atoms with E-state index >= 15 is 0 Å². The fourth-order valence-corrected chi connectivity index (χ4v) is 6.19. The zero-order valence-corrected chi connectivity index (χ0v) is 37.4. The highest BCUT2D eigenvalue weighted by atomic mass is 31.2. The summed E-state index contributed by atoms with van der Waals surface area (Å²) < 4.78 is 27.2. The Bertz CT molecular complexity index is 1230. The van der Waals surface area contributed by atoms with Gasteiger partial charge in [-0.2, -0.15) is 0 Å². The van der Waals surface area contributed by atoms with Gasteiger partial charge in [-0.3, -0.25) is 13.8 Å². The molecule has 0 aromatic carbocycles. The summed E-state index contributed by atoms with van der Waals surface area (Å²) in [5.41, 5.74) is 0. The van der Waals surface area contributed by atoms with Crippen LogP contribution >= 0.6 is 7.82 Å². The van der Waals surface area contributed by atoms with Crippen molar-refractivity contribution in [2.24, 2.45) is 0 Å². The molecule has 57 heavy (non-hydrogen) atoms. The summed E-state index contributed by atoms with van der Waals surface area (Å²) in [7, 11) is 1.55. The van der Waals surface area contributed by atoms with E-state index in [0.29, 0.717) is 17.4 Å². The molecule has 2 N–H and O–H groups in total. The molecular weight excluding hydrogens is 734 g/mol. The Labute approximate surface area is 349 Å². The monoisotopic (exact) mass is 817 g/mol. The SMILES string of the molecule is CC/C=C\C/C=C\C/C=C\C/C=C\C/C=C\C/C=C\C/C=C\C/C=C\CCCCCCCCCCCCCCC(=O)OCC(O)COP(=O)(O)OCC[N+](C)(C)C. The highest BCUT2D eigenvalue weighted by Gasteiger charge is 2.24. The maximum absolute atomic E-state index is 12.0. The fourth-order valence-electron chi connectivity index (χ4n) is 5.44. The number of quaternary nitrogens is 1. The highest BCUT2D eigenvalue weighted by molar-refractivity contribution is 7.47. The maximum atomic E-state index is 12.0. The van der Waals surface area contributed by atoms with Gasteiger partial charge in [0.15, 0.2) is 0 Å². The predicted octanol–water partition coefficient (Wildman–Crippen LogP) is 12.8. The standard InChI is InChI=1S/C48H82NO7P/c1-5-6-7-8-9-10-11-12-13-14-15-16-17-18-19-20-21-22-23-24-25-26-27-28-29-30-31-32-33-34-35-36-37-38-39-40-41-42-48(51)54-45-47(50)46-56-57(52,53)55-44-43-49(2,3)4/h6-7,9-10,12-13,15-16,18-19,21-22,24-25,27-28,47,50H,5,8,11,14,17,20,23,26,29-46H2,1-4H3/p+1/b7-6-,10-9-,13-12-,16-15-,19-18-,22-21-,25-24-,28-27-. The lowest BCUT2D eigenvalue weighted by molar-refractivity contribution is -0.870. The van der Waals surface area contributed by atoms with Crippen LogP contribution in [0.3, 0.4) is 0 Å². The molecule has 9 heteroatoms. The summed E-state index contributed by atoms with van der Waals surface area (Å²) in [5.74, 6) is -0.378. The zero-order valence-electron chi connectivity index (χ0n) is 36.5. The molecular formula is C48H83NO7P+. The van der Waals surface area contributed by atoms with Gasteiger partial charge in [0.1, 0.15) is 25.9 Å². The van der Waals surface area contributed by atoms with Gasteiger partial charge >= 0.3 is 13.8 Å². The molecule has 0 fully saturated rings. The number of hydrogen-bond acceptors (Lipinski definition) is 6. The zero-order chi connectivity index (χ0) is 42.0. The predicted molar refractivity (Wildman–Crippen MR) is 242 cm³/mol. The average Bonchev–Trinajstić information content (AvgIpc) is 3.17. The number of hydrogen-bond donors (Lipinski definition) is 2. The summed E-state index contributed by atoms with van der Waals surface area (Å²) in [6, 6.07) is 0. The van der Waals surface area contributed by atoms with Crippen molar-refractivity contribution >= 4 is 13.8 Å². The number of carbonyl (C=O) groups excluding carboxylic acids is 1. The number of likely N-dealkylation sites (N-methyl/N-ethyl adjacent to an activating group) is 1. The van der Waals surface area contributed by atoms with E-state index in [-0.39, 0.29) is 19.2 Å². The van der Waals surface area contributed by atoms with Gasteiger partial charge in [-0.25, -0.2) is 4.57 Å². The number of aliphatic hydroxyl groups is 1. The number of nitrogens with zero attached hydrogens (tertiary/aromatic N) is 1. The average molecular weight is 817 g/mol. The number of phosphoric ester groups is 1. The minimum absolute atomic E-state index is 0.0503. The summed E-state index contributed by atoms with van der Waals surface area (Å²) in [6.07, 6.45) is 58.8. The van der Waals surface area contributed by atoms with Crippen LogP contribution in [0.5, 0.6) is 0 Å². The lowest BCUT2D eigenvalue weighted by Gasteiger charge is -2.24. The van der Waals surface area contributed by atoms with Crippen LogP contribution in [-0.2, 0) is 23.1 Å². The van der Waals surface area contributed by atoms with Crippen LogP contribution in [-0.4, -0.2) is 74.1 Å². The van der Waals surface area contributed by atoms with E-state index in [1.807, 2.05) is 21.1 Å². The summed E-state index contributed by atoms with van der Waals surface area (Å²) >= 11 is 0. The number of esters is 1. The van der Waals surface area contributed by atoms with Gasteiger partial charge in [0.25, 0.3) is 0 Å². The molecule has 0 rings (SSSR count). The lowest BCUT2D eigenvalue weighted by atomic mass is 10.0. The molecule has 0 aliphatic heterocycles. The number of rotatable bonds is 39. The summed E-state index contributed by atoms with van der Waals surface area (Å²) in [5, 5.41) is 9.92. The van der Waals surface area contributed by atoms with Crippen molar-refractivity contribution in [3.63, 3.8) is 0 Å². The lowest BCUT2D eigenvalue weighted by Crippen LogP contribution is -2.37. The molecule has 0 saturated heterocycles. The molecule has 0 aliphatic rings. The van der Waals surface area contributed by atoms with Crippen molar-refractivity contribution in [2.45, 2.75) is 154 Å². The van der Waals surface area contributed by atoms with Crippen LogP contribution in [0.2, 0.25) is 0 Å². The van der Waals surface area contributed by atoms with Crippen molar-refractivity contribution in [1.29, 1.82) is 0 Å². The van der Waals surface area contributed by atoms with Crippen molar-refractivity contribution < 1.29 is 37.6 Å². The minimum atomic E-state index is -4.26. The van der Waals surface area contributed by atoms with Crippen LogP contribution < -0.4 is 0 Å². The van der Waals surface area contributed by atoms with Gasteiger partial charge in [0.05, 0.1) is 27.7 Å². The number of allylic oxidation sites excluding steroid dienone is 16. The van der Waals surface area contributed by atoms with Gasteiger partial charge in [-0.05, 0) is 70.6 Å². The van der Waals surface area contributed by atoms with E-state index in [0.717, 1.165) is 70.6 Å². The van der Waals surface area contributed by atoms with E-state index in [1.54, 1.807) is 0 Å². The summed E-state index contributed by atoms with van der Waals surface area (Å²) in [6.45, 7) is 2.01. The first-order valence-electron chi connectivity index (χ1n) is 22.0. The normalized spacial score (nSPS) is 14.7. The quantitative estimate of drug-likeness (QED) is 0.0209. The molecule has 0 aliphatic carbocycles. The second-order valence-corrected chi connectivity index (χ2v) is 17.0. The van der Waals surface area contributed by atoms with Crippen LogP contribution in [0, 0.1) is 0 Å². The van der Waals surface area contributed by atoms with Crippen LogP contribution in [0.4, 0.5) is 0 Å². The molecule has 0 amide bonds. The third-order valence-corrected chi connectivity index (χ3v) is 9.84. The van der Waals surface area contributed by atoms with E-state index in [1.165, 1.54) is 64.2 Å². The third-order valence-electron chi connectivity index (χ3n) is 8.86. The number of ether oxygens (including phenoxy) is 1. The van der Waals surface area contributed by atoms with E-state index in [9.17, 15) is 19.4 Å². The van der Waals surface area contributed by atoms with Crippen LogP contribution in [0.1, 0.15) is 148 Å². The Kier molecular flexibility index (Phi) is 38.4. The number of unbranched alkanes of at least 4 members (excludes halogenated alkanes) is 12. The smallest absolute Gasteiger partial charge is 0.463 e. The molecule has 0 bridgehead atoms. The Morgan fingerprint density at radius 1 is 0.544 bits per heavy atom. The van der Waals surface area contributed by atoms with Crippen molar-refractivity contribution in [3.05, 3.63) is 97.2 Å². The van der Waals surface area contributed by atoms with E-state index < -0.39 is 20.5 Å². The third kappa shape index (κ3) is 46.0. The van der Waals surface area contributed by atoms with E-state index in [4.69, 9.17) is 13.8 Å². The second-order valence-electron chi connectivity index (χ2n) is 15.6. The topological polar surface area (TPSA) is 102 Å². The van der Waals surface area contributed by atoms with Gasteiger partial charge in [-0.1, -0.05) is 168 Å². The van der Waals surface area contributed by atoms with Crippen molar-refractivity contribution in [3.8, 4) is 0 Å². The van der Waals surface area contributed by atoms with Crippen molar-refractivity contribution in [1.82, 2.24) is 0 Å².